The lowest BCUT2D eigenvalue weighted by molar-refractivity contribution is -0.115. The summed E-state index contributed by atoms with van der Waals surface area (Å²) in [5.41, 5.74) is 2.13. The molecular weight excluding hydrogens is 474 g/mol. The van der Waals surface area contributed by atoms with E-state index < -0.39 is 5.25 Å². The maximum Gasteiger partial charge on any atom is 0.262 e. The van der Waals surface area contributed by atoms with Gasteiger partial charge in [-0.2, -0.15) is 0 Å². The van der Waals surface area contributed by atoms with Gasteiger partial charge in [-0.3, -0.25) is 18.6 Å². The molecule has 0 bridgehead atoms. The van der Waals surface area contributed by atoms with Gasteiger partial charge in [0, 0.05) is 25.9 Å². The number of anilines is 1. The minimum Gasteiger partial charge on any atom is -0.385 e. The number of amides is 1. The Bertz CT molecular complexity index is 1550. The number of rotatable bonds is 9. The van der Waals surface area contributed by atoms with Crippen LogP contribution in [0.3, 0.4) is 0 Å². The molecule has 1 amide bonds. The zero-order valence-corrected chi connectivity index (χ0v) is 20.5. The molecule has 1 unspecified atom stereocenters. The van der Waals surface area contributed by atoms with Gasteiger partial charge in [0.25, 0.3) is 5.56 Å². The molecular formula is C27H25N5O3S. The van der Waals surface area contributed by atoms with Crippen molar-refractivity contribution in [1.82, 2.24) is 19.2 Å². The first-order valence-corrected chi connectivity index (χ1v) is 12.5. The zero-order chi connectivity index (χ0) is 24.9. The number of hydrogen-bond donors (Lipinski definition) is 1. The maximum atomic E-state index is 13.5. The fraction of sp³-hybridized carbons (Fsp3) is 0.185. The zero-order valence-electron chi connectivity index (χ0n) is 19.7. The highest BCUT2D eigenvalue weighted by Gasteiger charge is 2.26. The van der Waals surface area contributed by atoms with Crippen molar-refractivity contribution in [2.75, 3.05) is 19.0 Å². The molecule has 0 spiro atoms. The van der Waals surface area contributed by atoms with Gasteiger partial charge in [-0.1, -0.05) is 72.4 Å². The van der Waals surface area contributed by atoms with Crippen LogP contribution in [0.25, 0.3) is 16.7 Å². The third-order valence-electron chi connectivity index (χ3n) is 5.81. The van der Waals surface area contributed by atoms with E-state index in [-0.39, 0.29) is 11.5 Å². The van der Waals surface area contributed by atoms with E-state index in [1.54, 1.807) is 17.7 Å². The average molecular weight is 500 g/mol. The number of para-hydroxylation sites is 2. The largest absolute Gasteiger partial charge is 0.385 e. The third-order valence-corrected chi connectivity index (χ3v) is 7.01. The summed E-state index contributed by atoms with van der Waals surface area (Å²) in [7, 11) is 1.63. The van der Waals surface area contributed by atoms with Gasteiger partial charge >= 0.3 is 0 Å². The van der Waals surface area contributed by atoms with E-state index >= 15 is 0 Å². The smallest absolute Gasteiger partial charge is 0.262 e. The van der Waals surface area contributed by atoms with Crippen LogP contribution in [-0.2, 0) is 16.1 Å². The summed E-state index contributed by atoms with van der Waals surface area (Å²) in [5.74, 6) is 0.263. The SMILES string of the molecule is COCCCn1c(=O)c2ccccc2n2c(SC(C(=O)Nc3ccccc3)c3ccccc3)nnc12. The van der Waals surface area contributed by atoms with E-state index in [1.165, 1.54) is 11.8 Å². The molecule has 0 radical (unpaired) electrons. The lowest BCUT2D eigenvalue weighted by Crippen LogP contribution is -2.24. The summed E-state index contributed by atoms with van der Waals surface area (Å²) in [6, 6.07) is 26.3. The van der Waals surface area contributed by atoms with Crippen molar-refractivity contribution in [1.29, 1.82) is 0 Å². The number of carbonyl (C=O) groups excluding carboxylic acids is 1. The summed E-state index contributed by atoms with van der Waals surface area (Å²) in [6.07, 6.45) is 0.659. The van der Waals surface area contributed by atoms with Crippen LogP contribution >= 0.6 is 11.8 Å². The molecule has 2 aromatic heterocycles. The van der Waals surface area contributed by atoms with Gasteiger partial charge in [-0.25, -0.2) is 0 Å². The van der Waals surface area contributed by atoms with Crippen molar-refractivity contribution >= 4 is 40.0 Å². The number of nitrogens with zero attached hydrogens (tertiary/aromatic N) is 4. The van der Waals surface area contributed by atoms with Crippen molar-refractivity contribution in [3.63, 3.8) is 0 Å². The van der Waals surface area contributed by atoms with Gasteiger partial charge in [-0.05, 0) is 36.2 Å². The normalized spacial score (nSPS) is 12.1. The number of hydrogen-bond acceptors (Lipinski definition) is 6. The molecule has 9 heteroatoms. The van der Waals surface area contributed by atoms with E-state index in [1.807, 2.05) is 83.3 Å². The highest BCUT2D eigenvalue weighted by atomic mass is 32.2. The highest BCUT2D eigenvalue weighted by molar-refractivity contribution is 8.00. The molecule has 36 heavy (non-hydrogen) atoms. The average Bonchev–Trinajstić information content (AvgIpc) is 3.34. The van der Waals surface area contributed by atoms with Crippen molar-refractivity contribution in [3.8, 4) is 0 Å². The first-order chi connectivity index (χ1) is 17.7. The Morgan fingerprint density at radius 1 is 0.972 bits per heavy atom. The second kappa shape index (κ2) is 10.8. The third kappa shape index (κ3) is 4.75. The van der Waals surface area contributed by atoms with Crippen molar-refractivity contribution in [2.24, 2.45) is 0 Å². The summed E-state index contributed by atoms with van der Waals surface area (Å²) < 4.78 is 8.66. The molecule has 8 nitrogen and oxygen atoms in total. The molecule has 3 aromatic carbocycles. The van der Waals surface area contributed by atoms with Crippen LogP contribution in [0.1, 0.15) is 17.2 Å². The van der Waals surface area contributed by atoms with Crippen LogP contribution < -0.4 is 10.9 Å². The Labute approximate surface area is 211 Å². The molecule has 1 N–H and O–H groups in total. The number of fused-ring (bicyclic) bond motifs is 3. The number of benzene rings is 3. The van der Waals surface area contributed by atoms with Gasteiger partial charge in [0.1, 0.15) is 5.25 Å². The molecule has 0 aliphatic rings. The second-order valence-electron chi connectivity index (χ2n) is 8.20. The van der Waals surface area contributed by atoms with Crippen molar-refractivity contribution in [3.05, 3.63) is 101 Å². The number of aryl methyl sites for hydroxylation is 1. The minimum absolute atomic E-state index is 0.125. The van der Waals surface area contributed by atoms with Crippen LogP contribution in [0.4, 0.5) is 5.69 Å². The molecule has 182 valence electrons. The topological polar surface area (TPSA) is 90.5 Å². The number of methoxy groups -OCH3 is 1. The van der Waals surface area contributed by atoms with E-state index in [9.17, 15) is 9.59 Å². The Morgan fingerprint density at radius 3 is 2.42 bits per heavy atom. The van der Waals surface area contributed by atoms with Gasteiger partial charge in [0.15, 0.2) is 5.16 Å². The molecule has 0 aliphatic carbocycles. The first-order valence-electron chi connectivity index (χ1n) is 11.6. The van der Waals surface area contributed by atoms with Gasteiger partial charge in [0.2, 0.25) is 11.7 Å². The predicted octanol–water partition coefficient (Wildman–Crippen LogP) is 4.55. The second-order valence-corrected chi connectivity index (χ2v) is 9.27. The number of carbonyl (C=O) groups is 1. The standard InChI is InChI=1S/C27H25N5O3S/c1-35-18-10-17-31-25(34)21-15-8-9-16-22(21)32-26(31)29-30-27(32)36-23(19-11-4-2-5-12-19)24(33)28-20-13-6-3-7-14-20/h2-9,11-16,23H,10,17-18H2,1H3,(H,28,33). The van der Waals surface area contributed by atoms with Crippen LogP contribution in [0.2, 0.25) is 0 Å². The molecule has 5 aromatic rings. The summed E-state index contributed by atoms with van der Waals surface area (Å²) in [6.45, 7) is 0.970. The summed E-state index contributed by atoms with van der Waals surface area (Å²) in [4.78, 5) is 26.7. The van der Waals surface area contributed by atoms with Crippen molar-refractivity contribution < 1.29 is 9.53 Å². The quantitative estimate of drug-likeness (QED) is 0.236. The maximum absolute atomic E-state index is 13.5. The Kier molecular flexibility index (Phi) is 7.11. The molecule has 0 aliphatic heterocycles. The fourth-order valence-electron chi connectivity index (χ4n) is 4.11. The van der Waals surface area contributed by atoms with Crippen LogP contribution in [0.5, 0.6) is 0 Å². The van der Waals surface area contributed by atoms with Gasteiger partial charge < -0.3 is 10.1 Å². The van der Waals surface area contributed by atoms with E-state index in [4.69, 9.17) is 4.74 Å². The van der Waals surface area contributed by atoms with Gasteiger partial charge in [-0.15, -0.1) is 10.2 Å². The van der Waals surface area contributed by atoms with E-state index in [0.717, 1.165) is 5.56 Å². The Morgan fingerprint density at radius 2 is 1.67 bits per heavy atom. The highest BCUT2D eigenvalue weighted by Crippen LogP contribution is 2.36. The molecule has 0 saturated heterocycles. The molecule has 2 heterocycles. The minimum atomic E-state index is -0.591. The van der Waals surface area contributed by atoms with E-state index in [0.29, 0.717) is 47.1 Å². The molecule has 0 saturated carbocycles. The number of aromatic nitrogens is 4. The van der Waals surface area contributed by atoms with Crippen LogP contribution in [0, 0.1) is 0 Å². The predicted molar refractivity (Wildman–Crippen MR) is 141 cm³/mol. The van der Waals surface area contributed by atoms with E-state index in [2.05, 4.69) is 15.5 Å². The monoisotopic (exact) mass is 499 g/mol. The first kappa shape index (κ1) is 23.8. The summed E-state index contributed by atoms with van der Waals surface area (Å²) in [5, 5.41) is 12.3. The van der Waals surface area contributed by atoms with Gasteiger partial charge in [0.05, 0.1) is 10.9 Å². The Balaban J connectivity index is 1.60. The van der Waals surface area contributed by atoms with Crippen LogP contribution in [0.15, 0.2) is 94.9 Å². The molecule has 0 fully saturated rings. The molecule has 5 rings (SSSR count). The molecule has 1 atom stereocenters. The lowest BCUT2D eigenvalue weighted by atomic mass is 10.1. The van der Waals surface area contributed by atoms with Crippen molar-refractivity contribution in [2.45, 2.75) is 23.4 Å². The fourth-order valence-corrected chi connectivity index (χ4v) is 5.16. The van der Waals surface area contributed by atoms with Crippen LogP contribution in [-0.4, -0.2) is 38.8 Å². The Hall–Kier alpha value is -3.95. The lowest BCUT2D eigenvalue weighted by Gasteiger charge is -2.17. The number of thioether (sulfide) groups is 1. The number of ether oxygens (including phenoxy) is 1. The summed E-state index contributed by atoms with van der Waals surface area (Å²) >= 11 is 1.30. The number of nitrogens with one attached hydrogen (secondary N) is 1.